The lowest BCUT2D eigenvalue weighted by Gasteiger charge is -2.01. The maximum Gasteiger partial charge on any atom is 0.343 e. The van der Waals surface area contributed by atoms with E-state index in [2.05, 4.69) is 41.2 Å². The first kappa shape index (κ1) is 21.8. The summed E-state index contributed by atoms with van der Waals surface area (Å²) in [5.41, 5.74) is -0.515. The zero-order valence-corrected chi connectivity index (χ0v) is 16.0. The number of aromatic amines is 3. The molecule has 0 radical (unpaired) electrons. The van der Waals surface area contributed by atoms with E-state index in [1.807, 2.05) is 0 Å². The van der Waals surface area contributed by atoms with Gasteiger partial charge in [0.2, 0.25) is 5.78 Å². The number of nitro groups is 1. The van der Waals surface area contributed by atoms with E-state index in [1.54, 1.807) is 0 Å². The smallest absolute Gasteiger partial charge is 0.343 e. The summed E-state index contributed by atoms with van der Waals surface area (Å²) in [6.45, 7) is 0.149. The van der Waals surface area contributed by atoms with Gasteiger partial charge in [0, 0.05) is 25.1 Å². The molecular weight excluding hydrogens is 430 g/mol. The van der Waals surface area contributed by atoms with Crippen molar-refractivity contribution in [3.63, 3.8) is 0 Å². The highest BCUT2D eigenvalue weighted by atomic mass is 16.6. The van der Waals surface area contributed by atoms with Crippen LogP contribution >= 0.6 is 0 Å². The van der Waals surface area contributed by atoms with E-state index in [9.17, 15) is 29.3 Å². The first-order valence-electron chi connectivity index (χ1n) is 8.91. The highest BCUT2D eigenvalue weighted by Gasteiger charge is 2.22. The third-order valence-corrected chi connectivity index (χ3v) is 3.97. The van der Waals surface area contributed by atoms with Crippen LogP contribution in [0.4, 0.5) is 11.6 Å². The van der Waals surface area contributed by atoms with Crippen molar-refractivity contribution >= 4 is 35.2 Å². The van der Waals surface area contributed by atoms with Crippen LogP contribution < -0.4 is 10.6 Å². The molecule has 6 N–H and O–H groups in total. The first-order valence-corrected chi connectivity index (χ1v) is 8.91. The molecule has 0 bridgehead atoms. The number of nitrogens with one attached hydrogen (secondary N) is 5. The van der Waals surface area contributed by atoms with Crippen LogP contribution in [0.5, 0.6) is 0 Å². The molecule has 0 aliphatic rings. The monoisotopic (exact) mass is 445 g/mol. The summed E-state index contributed by atoms with van der Waals surface area (Å²) in [6, 6.07) is 3.32. The minimum atomic E-state index is -0.972. The summed E-state index contributed by atoms with van der Waals surface area (Å²) in [4.78, 5) is 56.9. The molecule has 0 aliphatic heterocycles. The molecular formula is C16H15N9O7. The van der Waals surface area contributed by atoms with Crippen LogP contribution in [0.2, 0.25) is 0 Å². The normalized spacial score (nSPS) is 10.5. The van der Waals surface area contributed by atoms with Crippen LogP contribution in [0.3, 0.4) is 0 Å². The molecule has 0 spiro atoms. The molecule has 3 heterocycles. The Morgan fingerprint density at radius 1 is 0.969 bits per heavy atom. The van der Waals surface area contributed by atoms with Gasteiger partial charge >= 0.3 is 11.8 Å². The number of amides is 2. The molecule has 32 heavy (non-hydrogen) atoms. The van der Waals surface area contributed by atoms with E-state index in [4.69, 9.17) is 5.11 Å². The van der Waals surface area contributed by atoms with Crippen molar-refractivity contribution in [2.75, 3.05) is 11.9 Å². The molecule has 0 saturated heterocycles. The summed E-state index contributed by atoms with van der Waals surface area (Å²) < 4.78 is 0. The van der Waals surface area contributed by atoms with Crippen molar-refractivity contribution in [3.8, 4) is 0 Å². The molecule has 0 atom stereocenters. The van der Waals surface area contributed by atoms with Crippen molar-refractivity contribution in [1.82, 2.24) is 35.9 Å². The second kappa shape index (κ2) is 9.28. The van der Waals surface area contributed by atoms with Crippen molar-refractivity contribution in [2.45, 2.75) is 12.8 Å². The Hall–Kier alpha value is -4.89. The third kappa shape index (κ3) is 5.17. The highest BCUT2D eigenvalue weighted by Crippen LogP contribution is 2.13. The number of nitrogens with zero attached hydrogens (tertiary/aromatic N) is 4. The summed E-state index contributed by atoms with van der Waals surface area (Å²) in [5, 5.41) is 42.0. The van der Waals surface area contributed by atoms with Crippen molar-refractivity contribution in [2.24, 2.45) is 0 Å². The van der Waals surface area contributed by atoms with Crippen molar-refractivity contribution < 1.29 is 29.2 Å². The van der Waals surface area contributed by atoms with Gasteiger partial charge in [-0.25, -0.2) is 0 Å². The minimum Gasteiger partial charge on any atom is -0.481 e. The van der Waals surface area contributed by atoms with Gasteiger partial charge in [0.05, 0.1) is 6.07 Å². The Morgan fingerprint density at radius 2 is 1.62 bits per heavy atom. The van der Waals surface area contributed by atoms with Crippen LogP contribution in [0.25, 0.3) is 0 Å². The number of aliphatic carboxylic acids is 1. The second-order valence-electron chi connectivity index (χ2n) is 6.27. The van der Waals surface area contributed by atoms with Gasteiger partial charge in [-0.05, 0) is 11.3 Å². The molecule has 0 aromatic carbocycles. The van der Waals surface area contributed by atoms with E-state index in [-0.39, 0.29) is 48.0 Å². The fourth-order valence-corrected chi connectivity index (χ4v) is 2.43. The molecule has 0 fully saturated rings. The summed E-state index contributed by atoms with van der Waals surface area (Å²) in [5.74, 6) is -3.43. The van der Waals surface area contributed by atoms with E-state index >= 15 is 0 Å². The second-order valence-corrected chi connectivity index (χ2v) is 6.27. The van der Waals surface area contributed by atoms with Gasteiger partial charge in [0.15, 0.2) is 11.5 Å². The molecule has 16 heteroatoms. The number of carboxylic acids is 1. The Bertz CT molecular complexity index is 1190. The predicted octanol–water partition coefficient (Wildman–Crippen LogP) is -0.158. The van der Waals surface area contributed by atoms with Gasteiger partial charge < -0.3 is 25.9 Å². The fourth-order valence-electron chi connectivity index (χ4n) is 2.43. The van der Waals surface area contributed by atoms with Gasteiger partial charge in [0.25, 0.3) is 11.8 Å². The Kier molecular flexibility index (Phi) is 6.33. The number of aromatic nitrogens is 6. The lowest BCUT2D eigenvalue weighted by atomic mass is 10.2. The van der Waals surface area contributed by atoms with Gasteiger partial charge in [0.1, 0.15) is 17.1 Å². The molecule has 0 aliphatic carbocycles. The van der Waals surface area contributed by atoms with Crippen molar-refractivity contribution in [3.05, 3.63) is 51.1 Å². The quantitative estimate of drug-likeness (QED) is 0.104. The Morgan fingerprint density at radius 3 is 2.31 bits per heavy atom. The molecule has 0 saturated carbocycles. The van der Waals surface area contributed by atoms with Crippen LogP contribution in [0.1, 0.15) is 50.0 Å². The zero-order chi connectivity index (χ0) is 23.3. The number of H-pyrrole nitrogens is 3. The first-order chi connectivity index (χ1) is 15.2. The third-order valence-electron chi connectivity index (χ3n) is 3.97. The minimum absolute atomic E-state index is 0.0103. The van der Waals surface area contributed by atoms with Crippen LogP contribution in [-0.2, 0) is 4.79 Å². The summed E-state index contributed by atoms with van der Waals surface area (Å²) >= 11 is 0. The molecule has 166 valence electrons. The fraction of sp³-hybridized carbons (Fsp3) is 0.188. The van der Waals surface area contributed by atoms with E-state index < -0.39 is 34.3 Å². The topological polar surface area (TPSA) is 242 Å². The number of rotatable bonds is 10. The van der Waals surface area contributed by atoms with E-state index in [0.29, 0.717) is 0 Å². The molecule has 3 aromatic heterocycles. The average Bonchev–Trinajstić information content (AvgIpc) is 3.50. The van der Waals surface area contributed by atoms with Crippen molar-refractivity contribution in [1.29, 1.82) is 0 Å². The van der Waals surface area contributed by atoms with E-state index in [0.717, 1.165) is 12.1 Å². The number of carboxylic acid groups (broad SMARTS) is 1. The Labute approximate surface area is 176 Å². The zero-order valence-electron chi connectivity index (χ0n) is 16.0. The van der Waals surface area contributed by atoms with Gasteiger partial charge in [-0.3, -0.25) is 29.4 Å². The standard InChI is InChI=1S/C16H15N9O7/c26-13(27)2-1-3-17-15(29)10-5-11(23-22-10)18-16(30)9-4-7(19-21-9)14(28)8-6-12(24-20-8)25(31)32/h4-6H,1-3H2,(H,17,29)(H,19,21)(H,20,24)(H,26,27)(H2,18,22,23,30). The lowest BCUT2D eigenvalue weighted by Crippen LogP contribution is -2.25. The molecule has 3 aromatic rings. The number of carbonyl (C=O) groups excluding carboxylic acids is 3. The van der Waals surface area contributed by atoms with Crippen LogP contribution in [0, 0.1) is 10.1 Å². The number of hydrogen-bond donors (Lipinski definition) is 6. The van der Waals surface area contributed by atoms with E-state index in [1.165, 1.54) is 6.07 Å². The van der Waals surface area contributed by atoms with Crippen LogP contribution in [-0.4, -0.2) is 70.7 Å². The Balaban J connectivity index is 1.58. The lowest BCUT2D eigenvalue weighted by molar-refractivity contribution is -0.389. The van der Waals surface area contributed by atoms with Gasteiger partial charge in [-0.1, -0.05) is 5.10 Å². The maximum absolute atomic E-state index is 12.3. The van der Waals surface area contributed by atoms with Crippen LogP contribution in [0.15, 0.2) is 18.2 Å². The van der Waals surface area contributed by atoms with Gasteiger partial charge in [-0.2, -0.15) is 10.2 Å². The predicted molar refractivity (Wildman–Crippen MR) is 103 cm³/mol. The molecule has 3 rings (SSSR count). The SMILES string of the molecule is O=C(O)CCCNC(=O)c1cc(NC(=O)c2cc(C(=O)c3cc([N+](=O)[O-])[nH]n3)n[nH]2)n[nH]1. The summed E-state index contributed by atoms with van der Waals surface area (Å²) in [6.07, 6.45) is 0.168. The summed E-state index contributed by atoms with van der Waals surface area (Å²) in [7, 11) is 0. The largest absolute Gasteiger partial charge is 0.481 e. The number of carbonyl (C=O) groups is 4. The number of anilines is 1. The van der Waals surface area contributed by atoms with Gasteiger partial charge in [-0.15, -0.1) is 5.10 Å². The highest BCUT2D eigenvalue weighted by molar-refractivity contribution is 6.09. The average molecular weight is 445 g/mol. The maximum atomic E-state index is 12.3. The molecule has 16 nitrogen and oxygen atoms in total. The number of ketones is 1. The molecule has 2 amide bonds. The molecule has 0 unspecified atom stereocenters. The number of hydrogen-bond acceptors (Lipinski definition) is 9.